The van der Waals surface area contributed by atoms with E-state index in [2.05, 4.69) is 265 Å². The molecule has 0 N–H and O–H groups in total. The maximum Gasteiger partial charge on any atom is 0.0714 e. The van der Waals surface area contributed by atoms with E-state index >= 15 is 0 Å². The van der Waals surface area contributed by atoms with E-state index in [1.165, 1.54) is 66.4 Å². The van der Waals surface area contributed by atoms with Crippen molar-refractivity contribution in [2.75, 3.05) is 4.90 Å². The Kier molecular flexibility index (Phi) is 9.73. The Balaban J connectivity index is 1.11. The van der Waals surface area contributed by atoms with Crippen LogP contribution in [0.2, 0.25) is 0 Å². The lowest BCUT2D eigenvalue weighted by Gasteiger charge is -2.35. The van der Waals surface area contributed by atoms with E-state index in [9.17, 15) is 0 Å². The van der Waals surface area contributed by atoms with Gasteiger partial charge >= 0.3 is 0 Å². The fourth-order valence-corrected chi connectivity index (χ4v) is 10.6. The molecule has 0 amide bonds. The number of aromatic nitrogens is 1. The van der Waals surface area contributed by atoms with Gasteiger partial charge in [-0.2, -0.15) is 0 Å². The van der Waals surface area contributed by atoms with Crippen LogP contribution in [0.15, 0.2) is 256 Å². The molecule has 2 heteroatoms. The third-order valence-electron chi connectivity index (χ3n) is 13.8. The lowest BCUT2D eigenvalue weighted by Crippen LogP contribution is -2.28. The van der Waals surface area contributed by atoms with Gasteiger partial charge in [0.2, 0.25) is 0 Å². The van der Waals surface area contributed by atoms with Gasteiger partial charge in [0, 0.05) is 33.5 Å². The second kappa shape index (κ2) is 16.4. The predicted molar refractivity (Wildman–Crippen MR) is 284 cm³/mol. The van der Waals surface area contributed by atoms with E-state index in [0.717, 1.165) is 44.9 Å². The van der Waals surface area contributed by atoms with Gasteiger partial charge in [-0.3, -0.25) is 0 Å². The van der Waals surface area contributed by atoms with Crippen LogP contribution in [0, 0.1) is 0 Å². The van der Waals surface area contributed by atoms with Crippen LogP contribution in [0.25, 0.3) is 73.0 Å². The van der Waals surface area contributed by atoms with Gasteiger partial charge in [0.25, 0.3) is 0 Å². The van der Waals surface area contributed by atoms with Crippen LogP contribution in [-0.2, 0) is 5.41 Å². The van der Waals surface area contributed by atoms with E-state index in [1.54, 1.807) is 0 Å². The second-order valence-electron chi connectivity index (χ2n) is 17.4. The molecule has 1 aliphatic carbocycles. The van der Waals surface area contributed by atoms with Gasteiger partial charge in [0.15, 0.2) is 0 Å². The summed E-state index contributed by atoms with van der Waals surface area (Å²) in [6.45, 7) is 8.10. The van der Waals surface area contributed by atoms with Gasteiger partial charge in [-0.15, -0.1) is 0 Å². The van der Waals surface area contributed by atoms with Crippen molar-refractivity contribution in [1.29, 1.82) is 0 Å². The highest BCUT2D eigenvalue weighted by Gasteiger charge is 2.46. The largest absolute Gasteiger partial charge is 0.310 e. The average Bonchev–Trinajstić information content (AvgIpc) is 3.89. The minimum Gasteiger partial charge on any atom is -0.310 e. The predicted octanol–water partition coefficient (Wildman–Crippen LogP) is 17.2. The summed E-state index contributed by atoms with van der Waals surface area (Å²) in [5, 5.41) is 2.37. The quantitative estimate of drug-likeness (QED) is 0.133. The molecule has 1 heterocycles. The Hall–Kier alpha value is -8.72. The molecule has 10 aromatic carbocycles. The minimum absolute atomic E-state index is 0.571. The molecule has 0 saturated carbocycles. The fourth-order valence-electron chi connectivity index (χ4n) is 10.6. The molecule has 12 rings (SSSR count). The number of hydrogen-bond acceptors (Lipinski definition) is 1. The molecule has 1 atom stereocenters. The maximum atomic E-state index is 4.08. The van der Waals surface area contributed by atoms with E-state index < -0.39 is 5.41 Å². The van der Waals surface area contributed by atoms with Gasteiger partial charge in [-0.1, -0.05) is 201 Å². The number of anilines is 3. The van der Waals surface area contributed by atoms with Gasteiger partial charge in [0.1, 0.15) is 0 Å². The van der Waals surface area contributed by atoms with Gasteiger partial charge in [-0.25, -0.2) is 0 Å². The summed E-state index contributed by atoms with van der Waals surface area (Å²) in [6.07, 6.45) is 3.82. The first-order valence-electron chi connectivity index (χ1n) is 23.0. The summed E-state index contributed by atoms with van der Waals surface area (Å²) >= 11 is 0. The van der Waals surface area contributed by atoms with Crippen LogP contribution in [0.1, 0.15) is 33.4 Å². The molecule has 2 nitrogen and oxygen atoms in total. The van der Waals surface area contributed by atoms with Crippen LogP contribution in [-0.4, -0.2) is 4.57 Å². The highest BCUT2D eigenvalue weighted by Crippen LogP contribution is 2.57. The zero-order valence-electron chi connectivity index (χ0n) is 37.1. The zero-order valence-corrected chi connectivity index (χ0v) is 37.1. The molecular weight excluding hydrogens is 809 g/mol. The first-order valence-corrected chi connectivity index (χ1v) is 23.0. The molecule has 316 valence electrons. The molecule has 11 aromatic rings. The first kappa shape index (κ1) is 39.8. The standard InChI is InChI=1S/C65H46N2/c1-3-45-24-31-52(32-25-45)65(51-20-12-7-13-21-51)61-23-15-14-22-57(61)58-39-37-56(44-62(58)65)66(53-35-28-49(29-36-53)47-16-8-5-9-17-47)55-38-41-64-60(43-55)59-42-50(48-18-10-6-11-19-48)30-40-63(59)67(64)54-33-26-46(4-2)27-34-54/h3-44H,1-2H2. The van der Waals surface area contributed by atoms with Crippen molar-refractivity contribution in [3.63, 3.8) is 0 Å². The van der Waals surface area contributed by atoms with Crippen LogP contribution in [0.3, 0.4) is 0 Å². The van der Waals surface area contributed by atoms with Crippen molar-refractivity contribution in [2.24, 2.45) is 0 Å². The van der Waals surface area contributed by atoms with Crippen molar-refractivity contribution in [3.8, 4) is 39.1 Å². The number of fused-ring (bicyclic) bond motifs is 6. The molecule has 0 spiro atoms. The molecule has 1 aliphatic rings. The van der Waals surface area contributed by atoms with Crippen molar-refractivity contribution in [3.05, 3.63) is 289 Å². The van der Waals surface area contributed by atoms with E-state index in [-0.39, 0.29) is 0 Å². The molecule has 0 aliphatic heterocycles. The summed E-state index contributed by atoms with van der Waals surface area (Å²) in [5.74, 6) is 0. The molecule has 0 radical (unpaired) electrons. The zero-order chi connectivity index (χ0) is 44.9. The summed E-state index contributed by atoms with van der Waals surface area (Å²) in [4.78, 5) is 2.44. The second-order valence-corrected chi connectivity index (χ2v) is 17.4. The molecule has 1 aromatic heterocycles. The number of benzene rings is 10. The molecule has 0 fully saturated rings. The molecule has 0 saturated heterocycles. The number of rotatable bonds is 10. The molecule has 1 unspecified atom stereocenters. The van der Waals surface area contributed by atoms with Crippen LogP contribution in [0.4, 0.5) is 17.1 Å². The van der Waals surface area contributed by atoms with Gasteiger partial charge in [0.05, 0.1) is 16.4 Å². The van der Waals surface area contributed by atoms with E-state index in [0.29, 0.717) is 0 Å². The highest BCUT2D eigenvalue weighted by molar-refractivity contribution is 6.12. The normalized spacial score (nSPS) is 13.9. The number of hydrogen-bond donors (Lipinski definition) is 0. The first-order chi connectivity index (χ1) is 33.1. The Morgan fingerprint density at radius 3 is 1.51 bits per heavy atom. The lowest BCUT2D eigenvalue weighted by molar-refractivity contribution is 0.768. The van der Waals surface area contributed by atoms with Crippen molar-refractivity contribution < 1.29 is 0 Å². The molecule has 67 heavy (non-hydrogen) atoms. The SMILES string of the molecule is C=Cc1ccc(-n2c3ccc(-c4ccccc4)cc3c3cc(N(c4ccc(-c5ccccc5)cc4)c4ccc5c(c4)C(c4ccccc4)(c4ccc(C=C)cc4)c4ccccc4-5)ccc32)cc1. The van der Waals surface area contributed by atoms with E-state index in [4.69, 9.17) is 0 Å². The van der Waals surface area contributed by atoms with E-state index in [1.807, 2.05) is 12.2 Å². The monoisotopic (exact) mass is 854 g/mol. The lowest BCUT2D eigenvalue weighted by atomic mass is 9.67. The van der Waals surface area contributed by atoms with Gasteiger partial charge in [-0.05, 0) is 133 Å². The third-order valence-corrected chi connectivity index (χ3v) is 13.8. The van der Waals surface area contributed by atoms with Crippen molar-refractivity contribution in [2.45, 2.75) is 5.41 Å². The summed E-state index contributed by atoms with van der Waals surface area (Å²) in [5.41, 5.74) is 20.5. The van der Waals surface area contributed by atoms with Crippen LogP contribution < -0.4 is 4.90 Å². The molecular formula is C65H46N2. The average molecular weight is 855 g/mol. The van der Waals surface area contributed by atoms with Gasteiger partial charge < -0.3 is 9.47 Å². The summed E-state index contributed by atoms with van der Waals surface area (Å²) in [7, 11) is 0. The Bertz CT molecular complexity index is 3620. The summed E-state index contributed by atoms with van der Waals surface area (Å²) < 4.78 is 2.40. The third kappa shape index (κ3) is 6.57. The maximum absolute atomic E-state index is 4.08. The van der Waals surface area contributed by atoms with Crippen molar-refractivity contribution in [1.82, 2.24) is 4.57 Å². The van der Waals surface area contributed by atoms with Crippen molar-refractivity contribution >= 4 is 51.0 Å². The van der Waals surface area contributed by atoms with Crippen LogP contribution in [0.5, 0.6) is 0 Å². The minimum atomic E-state index is -0.571. The smallest absolute Gasteiger partial charge is 0.0714 e. The van der Waals surface area contributed by atoms with Crippen LogP contribution >= 0.6 is 0 Å². The number of nitrogens with zero attached hydrogens (tertiary/aromatic N) is 2. The summed E-state index contributed by atoms with van der Waals surface area (Å²) in [6, 6.07) is 89.0. The fraction of sp³-hybridized carbons (Fsp3) is 0.0154. The highest BCUT2D eigenvalue weighted by atomic mass is 15.1. The Morgan fingerprint density at radius 2 is 0.836 bits per heavy atom. The Morgan fingerprint density at radius 1 is 0.358 bits per heavy atom. The molecule has 0 bridgehead atoms. The topological polar surface area (TPSA) is 8.17 Å². The Labute approximate surface area is 392 Å².